The van der Waals surface area contributed by atoms with E-state index in [1.807, 2.05) is 24.3 Å². The SMILES string of the molecule is CN(C)C(=O)C1(Cc2cccc(-c3ccccc3)c2)CCN(C(=O)c2ccncc2)C1. The number of nitrogens with zero attached hydrogens (tertiary/aromatic N) is 3. The molecule has 0 spiro atoms. The van der Waals surface area contributed by atoms with E-state index in [0.29, 0.717) is 31.5 Å². The molecule has 2 aromatic carbocycles. The van der Waals surface area contributed by atoms with Gasteiger partial charge in [-0.3, -0.25) is 14.6 Å². The van der Waals surface area contributed by atoms with Gasteiger partial charge in [0.05, 0.1) is 5.41 Å². The topological polar surface area (TPSA) is 53.5 Å². The van der Waals surface area contributed by atoms with Crippen molar-refractivity contribution in [2.75, 3.05) is 27.2 Å². The number of carbonyl (C=O) groups is 2. The van der Waals surface area contributed by atoms with Crippen LogP contribution >= 0.6 is 0 Å². The van der Waals surface area contributed by atoms with E-state index in [4.69, 9.17) is 0 Å². The quantitative estimate of drug-likeness (QED) is 0.637. The summed E-state index contributed by atoms with van der Waals surface area (Å²) in [7, 11) is 3.58. The standard InChI is InChI=1S/C26H27N3O2/c1-28(2)25(31)26(13-16-29(19-26)24(30)22-11-14-27-15-12-22)18-20-7-6-10-23(17-20)21-8-4-3-5-9-21/h3-12,14-15,17H,13,16,18-19H2,1-2H3. The molecule has 1 fully saturated rings. The normalized spacial score (nSPS) is 18.1. The second-order valence-corrected chi connectivity index (χ2v) is 8.44. The average molecular weight is 414 g/mol. The lowest BCUT2D eigenvalue weighted by atomic mass is 9.79. The summed E-state index contributed by atoms with van der Waals surface area (Å²) >= 11 is 0. The lowest BCUT2D eigenvalue weighted by molar-refractivity contribution is -0.138. The molecule has 0 N–H and O–H groups in total. The maximum absolute atomic E-state index is 13.3. The van der Waals surface area contributed by atoms with Crippen molar-refractivity contribution < 1.29 is 9.59 Å². The first-order chi connectivity index (χ1) is 15.0. The molecule has 1 unspecified atom stereocenters. The smallest absolute Gasteiger partial charge is 0.253 e. The van der Waals surface area contributed by atoms with Crippen molar-refractivity contribution in [2.45, 2.75) is 12.8 Å². The summed E-state index contributed by atoms with van der Waals surface area (Å²) in [5.74, 6) is 0.0245. The second-order valence-electron chi connectivity index (χ2n) is 8.44. The van der Waals surface area contributed by atoms with E-state index in [1.54, 1.807) is 48.4 Å². The number of pyridine rings is 1. The van der Waals surface area contributed by atoms with Crippen molar-refractivity contribution in [2.24, 2.45) is 5.41 Å². The zero-order valence-corrected chi connectivity index (χ0v) is 18.0. The summed E-state index contributed by atoms with van der Waals surface area (Å²) in [5, 5.41) is 0. The van der Waals surface area contributed by atoms with Gasteiger partial charge >= 0.3 is 0 Å². The number of hydrogen-bond acceptors (Lipinski definition) is 3. The summed E-state index contributed by atoms with van der Waals surface area (Å²) in [4.78, 5) is 33.8. The summed E-state index contributed by atoms with van der Waals surface area (Å²) in [6, 6.07) is 22.0. The molecule has 31 heavy (non-hydrogen) atoms. The van der Waals surface area contributed by atoms with E-state index in [0.717, 1.165) is 16.7 Å². The van der Waals surface area contributed by atoms with Crippen LogP contribution in [-0.2, 0) is 11.2 Å². The molecule has 1 aliphatic heterocycles. The largest absolute Gasteiger partial charge is 0.348 e. The Morgan fingerprint density at radius 2 is 1.68 bits per heavy atom. The van der Waals surface area contributed by atoms with Gasteiger partial charge < -0.3 is 9.80 Å². The van der Waals surface area contributed by atoms with Gasteiger partial charge in [-0.05, 0) is 41.7 Å². The minimum atomic E-state index is -0.624. The molecule has 1 saturated heterocycles. The van der Waals surface area contributed by atoms with E-state index in [2.05, 4.69) is 35.3 Å². The minimum Gasteiger partial charge on any atom is -0.348 e. The van der Waals surface area contributed by atoms with E-state index < -0.39 is 5.41 Å². The number of rotatable bonds is 5. The van der Waals surface area contributed by atoms with Crippen LogP contribution in [0.1, 0.15) is 22.3 Å². The number of hydrogen-bond donors (Lipinski definition) is 0. The Kier molecular flexibility index (Phi) is 5.85. The van der Waals surface area contributed by atoms with Crippen LogP contribution in [0.2, 0.25) is 0 Å². The molecule has 2 amide bonds. The fraction of sp³-hybridized carbons (Fsp3) is 0.269. The van der Waals surface area contributed by atoms with E-state index in [9.17, 15) is 9.59 Å². The monoisotopic (exact) mass is 413 g/mol. The molecule has 1 aromatic heterocycles. The predicted octanol–water partition coefficient (Wildman–Crippen LogP) is 3.91. The molecule has 0 radical (unpaired) electrons. The van der Waals surface area contributed by atoms with Crippen LogP contribution < -0.4 is 0 Å². The Bertz CT molecular complexity index is 1070. The summed E-state index contributed by atoms with van der Waals surface area (Å²) in [6.07, 6.45) is 4.49. The highest BCUT2D eigenvalue weighted by Crippen LogP contribution is 2.37. The van der Waals surface area contributed by atoms with Gasteiger partial charge in [0.25, 0.3) is 5.91 Å². The van der Waals surface area contributed by atoms with Gasteiger partial charge in [0.2, 0.25) is 5.91 Å². The van der Waals surface area contributed by atoms with Crippen LogP contribution in [0.4, 0.5) is 0 Å². The molecule has 158 valence electrons. The van der Waals surface area contributed by atoms with Gasteiger partial charge in [0, 0.05) is 45.1 Å². The minimum absolute atomic E-state index is 0.0473. The molecule has 0 aliphatic carbocycles. The molecular weight excluding hydrogens is 386 g/mol. The van der Waals surface area contributed by atoms with Crippen molar-refractivity contribution in [1.82, 2.24) is 14.8 Å². The molecule has 1 atom stereocenters. The Balaban J connectivity index is 1.61. The predicted molar refractivity (Wildman–Crippen MR) is 121 cm³/mol. The Labute approximate surface area is 183 Å². The first-order valence-corrected chi connectivity index (χ1v) is 10.5. The molecule has 3 aromatic rings. The molecule has 0 saturated carbocycles. The average Bonchev–Trinajstić information content (AvgIpc) is 3.24. The van der Waals surface area contributed by atoms with E-state index in [-0.39, 0.29) is 11.8 Å². The van der Waals surface area contributed by atoms with Crippen LogP contribution in [-0.4, -0.2) is 53.8 Å². The summed E-state index contributed by atoms with van der Waals surface area (Å²) in [5.41, 5.74) is 3.37. The van der Waals surface area contributed by atoms with Gasteiger partial charge in [-0.1, -0.05) is 54.6 Å². The molecular formula is C26H27N3O2. The highest BCUT2D eigenvalue weighted by atomic mass is 16.2. The van der Waals surface area contributed by atoms with Crippen molar-refractivity contribution in [3.05, 3.63) is 90.3 Å². The number of amides is 2. The fourth-order valence-electron chi connectivity index (χ4n) is 4.47. The zero-order valence-electron chi connectivity index (χ0n) is 18.0. The van der Waals surface area contributed by atoms with Crippen molar-refractivity contribution in [3.8, 4) is 11.1 Å². The van der Waals surface area contributed by atoms with Gasteiger partial charge in [0.15, 0.2) is 0 Å². The lowest BCUT2D eigenvalue weighted by Gasteiger charge is -2.31. The summed E-state index contributed by atoms with van der Waals surface area (Å²) in [6.45, 7) is 0.986. The zero-order chi connectivity index (χ0) is 21.8. The molecule has 4 rings (SSSR count). The van der Waals surface area contributed by atoms with E-state index >= 15 is 0 Å². The molecule has 5 nitrogen and oxygen atoms in total. The van der Waals surface area contributed by atoms with Crippen LogP contribution in [0.15, 0.2) is 79.1 Å². The molecule has 1 aliphatic rings. The fourth-order valence-corrected chi connectivity index (χ4v) is 4.47. The third-order valence-corrected chi connectivity index (χ3v) is 6.00. The lowest BCUT2D eigenvalue weighted by Crippen LogP contribution is -2.44. The summed E-state index contributed by atoms with van der Waals surface area (Å²) < 4.78 is 0. The van der Waals surface area contributed by atoms with Crippen LogP contribution in [0, 0.1) is 5.41 Å². The van der Waals surface area contributed by atoms with Crippen LogP contribution in [0.3, 0.4) is 0 Å². The first-order valence-electron chi connectivity index (χ1n) is 10.5. The van der Waals surface area contributed by atoms with Crippen molar-refractivity contribution in [1.29, 1.82) is 0 Å². The molecule has 2 heterocycles. The van der Waals surface area contributed by atoms with Gasteiger partial charge in [-0.25, -0.2) is 0 Å². The van der Waals surface area contributed by atoms with Gasteiger partial charge in [0.1, 0.15) is 0 Å². The Hall–Kier alpha value is -3.47. The second kappa shape index (κ2) is 8.72. The first kappa shape index (κ1) is 20.8. The van der Waals surface area contributed by atoms with E-state index in [1.165, 1.54) is 0 Å². The molecule has 0 bridgehead atoms. The number of likely N-dealkylation sites (tertiary alicyclic amines) is 1. The Morgan fingerprint density at radius 1 is 0.968 bits per heavy atom. The van der Waals surface area contributed by atoms with Crippen molar-refractivity contribution in [3.63, 3.8) is 0 Å². The maximum atomic E-state index is 13.3. The van der Waals surface area contributed by atoms with Crippen molar-refractivity contribution >= 4 is 11.8 Å². The highest BCUT2D eigenvalue weighted by molar-refractivity contribution is 5.95. The van der Waals surface area contributed by atoms with Crippen LogP contribution in [0.25, 0.3) is 11.1 Å². The Morgan fingerprint density at radius 3 is 2.39 bits per heavy atom. The third kappa shape index (κ3) is 4.36. The highest BCUT2D eigenvalue weighted by Gasteiger charge is 2.46. The van der Waals surface area contributed by atoms with Crippen LogP contribution in [0.5, 0.6) is 0 Å². The van der Waals surface area contributed by atoms with Gasteiger partial charge in [-0.15, -0.1) is 0 Å². The third-order valence-electron chi connectivity index (χ3n) is 6.00. The number of carbonyl (C=O) groups excluding carboxylic acids is 2. The maximum Gasteiger partial charge on any atom is 0.253 e. The number of aromatic nitrogens is 1. The molecule has 5 heteroatoms. The van der Waals surface area contributed by atoms with Gasteiger partial charge in [-0.2, -0.15) is 0 Å². The number of benzene rings is 2.